The van der Waals surface area contributed by atoms with Crippen LogP contribution in [0, 0.1) is 26.6 Å². The molecule has 1 N–H and O–H groups in total. The van der Waals surface area contributed by atoms with E-state index in [1.165, 1.54) is 6.07 Å². The Bertz CT molecular complexity index is 1540. The van der Waals surface area contributed by atoms with Crippen LogP contribution >= 0.6 is 0 Å². The first-order chi connectivity index (χ1) is 23.2. The summed E-state index contributed by atoms with van der Waals surface area (Å²) in [5.41, 5.74) is 4.25. The number of ether oxygens (including phenoxy) is 2. The van der Waals surface area contributed by atoms with Crippen LogP contribution in [0.1, 0.15) is 44.3 Å². The molecule has 1 fully saturated rings. The van der Waals surface area contributed by atoms with Gasteiger partial charge < -0.3 is 24.6 Å². The number of alkyl halides is 3. The number of nitrogens with one attached hydrogen (secondary N) is 1. The number of hydrogen-bond donors (Lipinski definition) is 1. The van der Waals surface area contributed by atoms with Crippen molar-refractivity contribution in [3.8, 4) is 0 Å². The van der Waals surface area contributed by atoms with Gasteiger partial charge in [0.05, 0.1) is 30.9 Å². The van der Waals surface area contributed by atoms with Crippen molar-refractivity contribution < 1.29 is 46.2 Å². The summed E-state index contributed by atoms with van der Waals surface area (Å²) in [4.78, 5) is 56.7. The number of halogens is 4. The maximum absolute atomic E-state index is 14.4. The number of imide groups is 1. The zero-order valence-corrected chi connectivity index (χ0v) is 28.3. The van der Waals surface area contributed by atoms with Gasteiger partial charge in [0.15, 0.2) is 0 Å². The SMILES string of the molecule is CCOC(=O)CNC(=O)c1c(C)cc(N2CCOCC2)cc1F.Cc1ccc(N(C=O)C(=O)c2c(C)cccc2N(C)C)nc1.FC(F)F. The number of amides is 3. The van der Waals surface area contributed by atoms with Crippen molar-refractivity contribution in [2.24, 2.45) is 0 Å². The van der Waals surface area contributed by atoms with Crippen molar-refractivity contribution in [3.05, 3.63) is 82.3 Å². The van der Waals surface area contributed by atoms with Crippen LogP contribution in [-0.2, 0) is 19.1 Å². The van der Waals surface area contributed by atoms with Crippen LogP contribution in [0.2, 0.25) is 0 Å². The Morgan fingerprint density at radius 3 is 2.20 bits per heavy atom. The van der Waals surface area contributed by atoms with Crippen LogP contribution in [0.15, 0.2) is 48.7 Å². The van der Waals surface area contributed by atoms with Gasteiger partial charge in [0.2, 0.25) is 6.41 Å². The second-order valence-electron chi connectivity index (χ2n) is 10.8. The normalized spacial score (nSPS) is 12.1. The van der Waals surface area contributed by atoms with E-state index in [1.807, 2.05) is 62.0 Å². The highest BCUT2D eigenvalue weighted by Crippen LogP contribution is 2.26. The number of morpholine rings is 1. The van der Waals surface area contributed by atoms with Crippen LogP contribution in [0.3, 0.4) is 0 Å². The molecular weight excluding hydrogens is 650 g/mol. The number of pyridine rings is 1. The molecule has 1 aromatic heterocycles. The third-order valence-corrected chi connectivity index (χ3v) is 6.99. The Balaban J connectivity index is 0.000000307. The largest absolute Gasteiger partial charge is 0.465 e. The van der Waals surface area contributed by atoms with Crippen LogP contribution in [-0.4, -0.2) is 89.4 Å². The summed E-state index contributed by atoms with van der Waals surface area (Å²) in [5.74, 6) is -1.84. The minimum Gasteiger partial charge on any atom is -0.465 e. The van der Waals surface area contributed by atoms with Crippen molar-refractivity contribution in [1.82, 2.24) is 10.3 Å². The van der Waals surface area contributed by atoms with Gasteiger partial charge >= 0.3 is 12.6 Å². The highest BCUT2D eigenvalue weighted by Gasteiger charge is 2.24. The molecule has 4 rings (SSSR count). The Morgan fingerprint density at radius 2 is 1.67 bits per heavy atom. The molecule has 1 aliphatic rings. The lowest BCUT2D eigenvalue weighted by Gasteiger charge is -2.29. The van der Waals surface area contributed by atoms with Crippen molar-refractivity contribution >= 4 is 41.4 Å². The Morgan fingerprint density at radius 1 is 1.02 bits per heavy atom. The molecule has 0 atom stereocenters. The number of benzene rings is 2. The monoisotopic (exact) mass is 691 g/mol. The van der Waals surface area contributed by atoms with Gasteiger partial charge in [-0.05, 0) is 68.7 Å². The average molecular weight is 692 g/mol. The lowest BCUT2D eigenvalue weighted by atomic mass is 10.0. The molecular formula is C34H41F4N5O6. The second kappa shape index (κ2) is 19.7. The van der Waals surface area contributed by atoms with Gasteiger partial charge in [0.1, 0.15) is 18.2 Å². The van der Waals surface area contributed by atoms with Crippen molar-refractivity contribution in [1.29, 1.82) is 0 Å². The summed E-state index contributed by atoms with van der Waals surface area (Å²) in [6.07, 6.45) is 2.13. The predicted molar refractivity (Wildman–Crippen MR) is 178 cm³/mol. The molecule has 0 spiro atoms. The number of anilines is 3. The highest BCUT2D eigenvalue weighted by atomic mass is 19.4. The van der Waals surface area contributed by atoms with Gasteiger partial charge in [-0.2, -0.15) is 13.2 Å². The number of aromatic nitrogens is 1. The zero-order chi connectivity index (χ0) is 36.7. The first kappa shape index (κ1) is 40.1. The van der Waals surface area contributed by atoms with E-state index in [1.54, 1.807) is 32.2 Å². The molecule has 266 valence electrons. The van der Waals surface area contributed by atoms with E-state index in [0.717, 1.165) is 27.4 Å². The molecule has 1 aliphatic heterocycles. The van der Waals surface area contributed by atoms with Crippen molar-refractivity contribution in [2.75, 3.05) is 68.2 Å². The highest BCUT2D eigenvalue weighted by molar-refractivity contribution is 6.18. The van der Waals surface area contributed by atoms with Gasteiger partial charge in [-0.25, -0.2) is 14.3 Å². The third-order valence-electron chi connectivity index (χ3n) is 6.99. The summed E-state index contributed by atoms with van der Waals surface area (Å²) >= 11 is 0. The Hall–Kier alpha value is -5.05. The third kappa shape index (κ3) is 12.2. The van der Waals surface area contributed by atoms with E-state index in [-0.39, 0.29) is 24.6 Å². The Kier molecular flexibility index (Phi) is 16.1. The quantitative estimate of drug-likeness (QED) is 0.188. The lowest BCUT2D eigenvalue weighted by Crippen LogP contribution is -2.36. The van der Waals surface area contributed by atoms with Gasteiger partial charge in [-0.15, -0.1) is 0 Å². The summed E-state index contributed by atoms with van der Waals surface area (Å²) in [5, 5.41) is 2.38. The summed E-state index contributed by atoms with van der Waals surface area (Å²) < 4.78 is 53.3. The number of aryl methyl sites for hydroxylation is 3. The van der Waals surface area contributed by atoms with Gasteiger partial charge in [0.25, 0.3) is 11.8 Å². The Labute approximate surface area is 282 Å². The molecule has 0 aliphatic carbocycles. The molecule has 2 aromatic carbocycles. The predicted octanol–water partition coefficient (Wildman–Crippen LogP) is 5.01. The molecule has 49 heavy (non-hydrogen) atoms. The van der Waals surface area contributed by atoms with Gasteiger partial charge in [0, 0.05) is 44.8 Å². The molecule has 2 heterocycles. The fourth-order valence-electron chi connectivity index (χ4n) is 4.70. The standard InChI is InChI=1S/C17H19N3O2.C16H21FN2O4.CHF3/c1-12-8-9-15(18-10-12)20(11-21)17(22)16-13(2)6-5-7-14(16)19(3)4;1-3-23-14(20)10-18-16(21)15-11(2)8-12(9-13(15)17)19-4-6-22-7-5-19;2-1(3)4/h5-11H,1-4H3;8-9H,3-7,10H2,1-2H3,(H,18,21);1H. The van der Waals surface area contributed by atoms with Crippen LogP contribution in [0.5, 0.6) is 0 Å². The minimum absolute atomic E-state index is 0.0497. The van der Waals surface area contributed by atoms with Crippen molar-refractivity contribution in [3.63, 3.8) is 0 Å². The first-order valence-corrected chi connectivity index (χ1v) is 15.2. The fourth-order valence-corrected chi connectivity index (χ4v) is 4.70. The fraction of sp³-hybridized carbons (Fsp3) is 0.382. The van der Waals surface area contributed by atoms with E-state index < -0.39 is 24.4 Å². The molecule has 0 saturated carbocycles. The van der Waals surface area contributed by atoms with Crippen LogP contribution in [0.25, 0.3) is 0 Å². The first-order valence-electron chi connectivity index (χ1n) is 15.2. The number of carbonyl (C=O) groups excluding carboxylic acids is 4. The molecule has 0 radical (unpaired) electrons. The summed E-state index contributed by atoms with van der Waals surface area (Å²) in [7, 11) is 3.72. The molecule has 3 amide bonds. The molecule has 3 aromatic rings. The molecule has 15 heteroatoms. The summed E-state index contributed by atoms with van der Waals surface area (Å²) in [6.45, 7) is 5.96. The zero-order valence-electron chi connectivity index (χ0n) is 28.3. The van der Waals surface area contributed by atoms with Crippen molar-refractivity contribution in [2.45, 2.75) is 34.4 Å². The number of carbonyl (C=O) groups is 4. The molecule has 11 nitrogen and oxygen atoms in total. The molecule has 1 saturated heterocycles. The topological polar surface area (TPSA) is 121 Å². The summed E-state index contributed by atoms with van der Waals surface area (Å²) in [6, 6.07) is 12.2. The van der Waals surface area contributed by atoms with E-state index in [0.29, 0.717) is 49.7 Å². The van der Waals surface area contributed by atoms with Gasteiger partial charge in [-0.1, -0.05) is 18.2 Å². The van der Waals surface area contributed by atoms with Crippen LogP contribution < -0.4 is 20.0 Å². The van der Waals surface area contributed by atoms with E-state index in [2.05, 4.69) is 10.3 Å². The lowest BCUT2D eigenvalue weighted by molar-refractivity contribution is -0.141. The van der Waals surface area contributed by atoms with E-state index in [4.69, 9.17) is 9.47 Å². The number of hydrogen-bond acceptors (Lipinski definition) is 9. The second-order valence-corrected chi connectivity index (χ2v) is 10.8. The number of nitrogens with zero attached hydrogens (tertiary/aromatic N) is 4. The number of esters is 1. The van der Waals surface area contributed by atoms with E-state index in [9.17, 15) is 36.7 Å². The van der Waals surface area contributed by atoms with E-state index >= 15 is 0 Å². The maximum atomic E-state index is 14.4. The molecule has 0 unspecified atom stereocenters. The van der Waals surface area contributed by atoms with Crippen LogP contribution in [0.4, 0.5) is 34.8 Å². The number of rotatable bonds is 9. The maximum Gasteiger partial charge on any atom is 0.379 e. The average Bonchev–Trinajstić information content (AvgIpc) is 3.05. The smallest absolute Gasteiger partial charge is 0.379 e. The minimum atomic E-state index is -3.67. The molecule has 0 bridgehead atoms. The van der Waals surface area contributed by atoms with Gasteiger partial charge in [-0.3, -0.25) is 19.2 Å².